The number of hydrogen-bond acceptors (Lipinski definition) is 4. The van der Waals surface area contributed by atoms with Gasteiger partial charge >= 0.3 is 0 Å². The van der Waals surface area contributed by atoms with Crippen molar-refractivity contribution in [2.75, 3.05) is 11.4 Å². The SMILES string of the molecule is O=C(NCc1nnc2n1CCCC2)[C@@H]1CC(=O)N(c2ccc(F)cc2F)C1. The molecule has 4 rings (SSSR count). The van der Waals surface area contributed by atoms with E-state index < -0.39 is 17.6 Å². The van der Waals surface area contributed by atoms with E-state index in [1.165, 1.54) is 11.0 Å². The fourth-order valence-corrected chi connectivity index (χ4v) is 3.63. The van der Waals surface area contributed by atoms with E-state index in [0.717, 1.165) is 43.8 Å². The summed E-state index contributed by atoms with van der Waals surface area (Å²) in [4.78, 5) is 25.9. The van der Waals surface area contributed by atoms with Crippen LogP contribution in [0.5, 0.6) is 0 Å². The number of nitrogens with one attached hydrogen (secondary N) is 1. The van der Waals surface area contributed by atoms with E-state index >= 15 is 0 Å². The Bertz CT molecular complexity index is 898. The fourth-order valence-electron chi connectivity index (χ4n) is 3.63. The van der Waals surface area contributed by atoms with Crippen LogP contribution >= 0.6 is 0 Å². The average Bonchev–Trinajstić information content (AvgIpc) is 3.24. The zero-order valence-electron chi connectivity index (χ0n) is 14.6. The molecule has 2 aliphatic rings. The van der Waals surface area contributed by atoms with Gasteiger partial charge in [-0.15, -0.1) is 10.2 Å². The van der Waals surface area contributed by atoms with E-state index in [0.29, 0.717) is 5.82 Å². The second-order valence-electron chi connectivity index (χ2n) is 6.86. The predicted octanol–water partition coefficient (Wildman–Crippen LogP) is 1.56. The van der Waals surface area contributed by atoms with Crippen LogP contribution in [0, 0.1) is 17.6 Å². The summed E-state index contributed by atoms with van der Waals surface area (Å²) < 4.78 is 29.0. The van der Waals surface area contributed by atoms with Crippen molar-refractivity contribution < 1.29 is 18.4 Å². The number of aryl methyl sites for hydroxylation is 1. The number of carbonyl (C=O) groups is 2. The van der Waals surface area contributed by atoms with E-state index in [9.17, 15) is 18.4 Å². The molecule has 7 nitrogen and oxygen atoms in total. The Labute approximate surface area is 154 Å². The molecule has 0 radical (unpaired) electrons. The summed E-state index contributed by atoms with van der Waals surface area (Å²) in [6.45, 7) is 1.14. The molecular weight excluding hydrogens is 356 g/mol. The van der Waals surface area contributed by atoms with E-state index in [1.54, 1.807) is 0 Å². The number of hydrogen-bond donors (Lipinski definition) is 1. The monoisotopic (exact) mass is 375 g/mol. The lowest BCUT2D eigenvalue weighted by molar-refractivity contribution is -0.126. The molecule has 1 atom stereocenters. The van der Waals surface area contributed by atoms with Crippen LogP contribution in [0.3, 0.4) is 0 Å². The summed E-state index contributed by atoms with van der Waals surface area (Å²) in [5, 5.41) is 11.1. The van der Waals surface area contributed by atoms with Crippen molar-refractivity contribution in [1.82, 2.24) is 20.1 Å². The quantitative estimate of drug-likeness (QED) is 0.880. The molecular formula is C18H19F2N5O2. The zero-order chi connectivity index (χ0) is 19.0. The number of rotatable bonds is 4. The van der Waals surface area contributed by atoms with Crippen LogP contribution in [0.15, 0.2) is 18.2 Å². The molecule has 0 unspecified atom stereocenters. The van der Waals surface area contributed by atoms with E-state index in [-0.39, 0.29) is 37.0 Å². The number of nitrogens with zero attached hydrogens (tertiary/aromatic N) is 4. The van der Waals surface area contributed by atoms with Gasteiger partial charge in [-0.05, 0) is 25.0 Å². The minimum absolute atomic E-state index is 0.0109. The Kier molecular flexibility index (Phi) is 4.59. The molecule has 1 N–H and O–H groups in total. The standard InChI is InChI=1S/C18H19F2N5O2/c19-12-4-5-14(13(20)8-12)25-10-11(7-17(25)26)18(27)21-9-16-23-22-15-3-1-2-6-24(15)16/h4-5,8,11H,1-3,6-7,9-10H2,(H,21,27)/t11-/m1/s1. The molecule has 1 saturated heterocycles. The van der Waals surface area contributed by atoms with Gasteiger partial charge in [0.1, 0.15) is 17.5 Å². The molecule has 3 heterocycles. The van der Waals surface area contributed by atoms with Gasteiger partial charge in [0.15, 0.2) is 5.82 Å². The third-order valence-electron chi connectivity index (χ3n) is 5.05. The molecule has 2 aliphatic heterocycles. The molecule has 0 saturated carbocycles. The Balaban J connectivity index is 1.40. The second-order valence-corrected chi connectivity index (χ2v) is 6.86. The minimum atomic E-state index is -0.820. The number of halogens is 2. The van der Waals surface area contributed by atoms with Crippen LogP contribution in [-0.2, 0) is 29.1 Å². The molecule has 27 heavy (non-hydrogen) atoms. The number of benzene rings is 1. The lowest BCUT2D eigenvalue weighted by atomic mass is 10.1. The summed E-state index contributed by atoms with van der Waals surface area (Å²) in [6, 6.07) is 3.03. The second kappa shape index (κ2) is 7.05. The van der Waals surface area contributed by atoms with Crippen molar-refractivity contribution in [2.24, 2.45) is 5.92 Å². The van der Waals surface area contributed by atoms with Crippen molar-refractivity contribution in [3.63, 3.8) is 0 Å². The maximum Gasteiger partial charge on any atom is 0.227 e. The van der Waals surface area contributed by atoms with Crippen LogP contribution in [0.2, 0.25) is 0 Å². The van der Waals surface area contributed by atoms with Crippen molar-refractivity contribution >= 4 is 17.5 Å². The van der Waals surface area contributed by atoms with E-state index in [2.05, 4.69) is 15.5 Å². The smallest absolute Gasteiger partial charge is 0.227 e. The zero-order valence-corrected chi connectivity index (χ0v) is 14.6. The Morgan fingerprint density at radius 2 is 2.11 bits per heavy atom. The highest BCUT2D eigenvalue weighted by atomic mass is 19.1. The van der Waals surface area contributed by atoms with Crippen molar-refractivity contribution in [3.8, 4) is 0 Å². The summed E-state index contributed by atoms with van der Waals surface area (Å²) >= 11 is 0. The Morgan fingerprint density at radius 3 is 2.93 bits per heavy atom. The summed E-state index contributed by atoms with van der Waals surface area (Å²) in [6.07, 6.45) is 3.02. The van der Waals surface area contributed by atoms with Crippen LogP contribution in [-0.4, -0.2) is 33.1 Å². The van der Waals surface area contributed by atoms with Gasteiger partial charge in [-0.1, -0.05) is 0 Å². The van der Waals surface area contributed by atoms with Crippen LogP contribution in [0.1, 0.15) is 30.9 Å². The van der Waals surface area contributed by atoms with Gasteiger partial charge in [-0.3, -0.25) is 9.59 Å². The first-order chi connectivity index (χ1) is 13.0. The third kappa shape index (κ3) is 3.41. The van der Waals surface area contributed by atoms with Gasteiger partial charge in [0.2, 0.25) is 11.8 Å². The molecule has 1 aromatic carbocycles. The summed E-state index contributed by atoms with van der Waals surface area (Å²) in [7, 11) is 0. The topological polar surface area (TPSA) is 80.1 Å². The van der Waals surface area contributed by atoms with Gasteiger partial charge < -0.3 is 14.8 Å². The summed E-state index contributed by atoms with van der Waals surface area (Å²) in [5.41, 5.74) is -0.0109. The molecule has 1 aromatic heterocycles. The van der Waals surface area contributed by atoms with Crippen molar-refractivity contribution in [1.29, 1.82) is 0 Å². The van der Waals surface area contributed by atoms with Crippen molar-refractivity contribution in [2.45, 2.75) is 38.8 Å². The van der Waals surface area contributed by atoms with E-state index in [1.807, 2.05) is 4.57 Å². The van der Waals surface area contributed by atoms with Gasteiger partial charge in [0, 0.05) is 32.0 Å². The number of fused-ring (bicyclic) bond motifs is 1. The molecule has 0 spiro atoms. The maximum atomic E-state index is 13.9. The van der Waals surface area contributed by atoms with Crippen LogP contribution in [0.4, 0.5) is 14.5 Å². The van der Waals surface area contributed by atoms with Gasteiger partial charge in [0.25, 0.3) is 0 Å². The Hall–Kier alpha value is -2.84. The number of carbonyl (C=O) groups excluding carboxylic acids is 2. The Morgan fingerprint density at radius 1 is 1.26 bits per heavy atom. The highest BCUT2D eigenvalue weighted by Gasteiger charge is 2.36. The molecule has 0 bridgehead atoms. The lowest BCUT2D eigenvalue weighted by Crippen LogP contribution is -2.33. The molecule has 142 valence electrons. The highest BCUT2D eigenvalue weighted by molar-refractivity contribution is 6.00. The lowest BCUT2D eigenvalue weighted by Gasteiger charge is -2.18. The predicted molar refractivity (Wildman–Crippen MR) is 91.6 cm³/mol. The highest BCUT2D eigenvalue weighted by Crippen LogP contribution is 2.28. The maximum absolute atomic E-state index is 13.9. The molecule has 2 aromatic rings. The van der Waals surface area contributed by atoms with E-state index in [4.69, 9.17) is 0 Å². The fraction of sp³-hybridized carbons (Fsp3) is 0.444. The van der Waals surface area contributed by atoms with Crippen molar-refractivity contribution in [3.05, 3.63) is 41.5 Å². The van der Waals surface area contributed by atoms with Gasteiger partial charge in [-0.2, -0.15) is 0 Å². The first-order valence-corrected chi connectivity index (χ1v) is 8.97. The largest absolute Gasteiger partial charge is 0.348 e. The molecule has 1 fully saturated rings. The third-order valence-corrected chi connectivity index (χ3v) is 5.05. The normalized spacial score (nSPS) is 19.3. The van der Waals surface area contributed by atoms with Gasteiger partial charge in [0.05, 0.1) is 18.2 Å². The number of aromatic nitrogens is 3. The molecule has 2 amide bonds. The van der Waals surface area contributed by atoms with Crippen LogP contribution < -0.4 is 10.2 Å². The average molecular weight is 375 g/mol. The number of anilines is 1. The van der Waals surface area contributed by atoms with Gasteiger partial charge in [-0.25, -0.2) is 8.78 Å². The van der Waals surface area contributed by atoms with Crippen LogP contribution in [0.25, 0.3) is 0 Å². The number of amides is 2. The summed E-state index contributed by atoms with van der Waals surface area (Å²) in [5.74, 6) is -1.15. The first kappa shape index (κ1) is 17.6. The minimum Gasteiger partial charge on any atom is -0.348 e. The molecule has 9 heteroatoms. The first-order valence-electron chi connectivity index (χ1n) is 8.97. The molecule has 0 aliphatic carbocycles.